The van der Waals surface area contributed by atoms with E-state index in [1.807, 2.05) is 47.4 Å². The van der Waals surface area contributed by atoms with Gasteiger partial charge in [0.05, 0.1) is 11.9 Å². The second kappa shape index (κ2) is 8.52. The van der Waals surface area contributed by atoms with Crippen molar-refractivity contribution in [1.82, 2.24) is 9.55 Å². The number of amides is 1. The van der Waals surface area contributed by atoms with Gasteiger partial charge in [0.1, 0.15) is 5.82 Å². The number of benzene rings is 1. The van der Waals surface area contributed by atoms with Crippen molar-refractivity contribution in [2.75, 3.05) is 23.3 Å². The third kappa shape index (κ3) is 4.50. The zero-order valence-corrected chi connectivity index (χ0v) is 17.1. The monoisotopic (exact) mass is 388 g/mol. The molecule has 1 aliphatic rings. The number of hydrogen-bond acceptors (Lipinski definition) is 3. The zero-order chi connectivity index (χ0) is 20.2. The summed E-state index contributed by atoms with van der Waals surface area (Å²) >= 11 is 0. The molecule has 0 radical (unpaired) electrons. The van der Waals surface area contributed by atoms with Crippen molar-refractivity contribution in [3.63, 3.8) is 0 Å². The van der Waals surface area contributed by atoms with Crippen molar-refractivity contribution in [2.24, 2.45) is 5.92 Å². The van der Waals surface area contributed by atoms with Crippen LogP contribution in [0.2, 0.25) is 0 Å². The van der Waals surface area contributed by atoms with Crippen LogP contribution in [0.1, 0.15) is 38.2 Å². The lowest BCUT2D eigenvalue weighted by atomic mass is 9.95. The molecule has 3 aromatic rings. The number of hydrogen-bond donors (Lipinski definition) is 1. The van der Waals surface area contributed by atoms with Gasteiger partial charge in [-0.05, 0) is 60.7 Å². The van der Waals surface area contributed by atoms with Gasteiger partial charge in [-0.2, -0.15) is 0 Å². The van der Waals surface area contributed by atoms with E-state index in [-0.39, 0.29) is 11.8 Å². The molecule has 0 spiro atoms. The fourth-order valence-electron chi connectivity index (χ4n) is 3.79. The van der Waals surface area contributed by atoms with E-state index >= 15 is 0 Å². The maximum atomic E-state index is 12.7. The van der Waals surface area contributed by atoms with Crippen LogP contribution >= 0.6 is 0 Å². The summed E-state index contributed by atoms with van der Waals surface area (Å²) < 4.78 is 2.04. The average molecular weight is 389 g/mol. The van der Waals surface area contributed by atoms with Crippen LogP contribution in [-0.2, 0) is 4.79 Å². The van der Waals surface area contributed by atoms with E-state index in [9.17, 15) is 4.79 Å². The molecule has 1 aromatic carbocycles. The lowest BCUT2D eigenvalue weighted by Gasteiger charge is -2.32. The molecule has 0 saturated carbocycles. The first-order chi connectivity index (χ1) is 14.1. The molecule has 1 amide bonds. The Labute approximate surface area is 172 Å². The summed E-state index contributed by atoms with van der Waals surface area (Å²) in [5.41, 5.74) is 3.21. The van der Waals surface area contributed by atoms with Gasteiger partial charge in [0, 0.05) is 37.1 Å². The quantitative estimate of drug-likeness (QED) is 0.680. The van der Waals surface area contributed by atoms with E-state index in [0.717, 1.165) is 43.1 Å². The second-order valence-corrected chi connectivity index (χ2v) is 7.99. The van der Waals surface area contributed by atoms with Crippen LogP contribution in [0.15, 0.2) is 67.1 Å². The molecule has 1 aliphatic heterocycles. The topological polar surface area (TPSA) is 50.2 Å². The molecule has 0 unspecified atom stereocenters. The van der Waals surface area contributed by atoms with Crippen molar-refractivity contribution in [1.29, 1.82) is 0 Å². The highest BCUT2D eigenvalue weighted by Gasteiger charge is 2.25. The van der Waals surface area contributed by atoms with Crippen molar-refractivity contribution in [2.45, 2.75) is 32.6 Å². The average Bonchev–Trinajstić information content (AvgIpc) is 3.29. The third-order valence-electron chi connectivity index (χ3n) is 5.67. The number of aromatic nitrogens is 2. The zero-order valence-electron chi connectivity index (χ0n) is 17.1. The molecule has 0 aliphatic carbocycles. The number of carbonyl (C=O) groups is 1. The van der Waals surface area contributed by atoms with Crippen LogP contribution < -0.4 is 10.2 Å². The minimum atomic E-state index is 0.0511. The fourth-order valence-corrected chi connectivity index (χ4v) is 3.79. The van der Waals surface area contributed by atoms with E-state index in [4.69, 9.17) is 0 Å². The molecular formula is C24H28N4O. The van der Waals surface area contributed by atoms with Gasteiger partial charge in [-0.3, -0.25) is 4.79 Å². The summed E-state index contributed by atoms with van der Waals surface area (Å²) in [6.07, 6.45) is 7.61. The highest BCUT2D eigenvalue weighted by molar-refractivity contribution is 5.92. The standard InChI is InChI=1S/C24H28N4O/c1-18(2)19-5-7-21(8-6-19)26-24(29)20-11-15-28(16-12-20)23-10-9-22(17-25-23)27-13-3-4-14-27/h3-10,13-14,17-18,20H,11-12,15-16H2,1-2H3,(H,26,29). The predicted molar refractivity (Wildman–Crippen MR) is 118 cm³/mol. The van der Waals surface area contributed by atoms with Gasteiger partial charge in [0.15, 0.2) is 0 Å². The molecule has 150 valence electrons. The normalized spacial score (nSPS) is 14.9. The molecule has 1 saturated heterocycles. The van der Waals surface area contributed by atoms with Gasteiger partial charge in [-0.1, -0.05) is 26.0 Å². The highest BCUT2D eigenvalue weighted by Crippen LogP contribution is 2.24. The van der Waals surface area contributed by atoms with Gasteiger partial charge in [0.25, 0.3) is 0 Å². The molecule has 1 N–H and O–H groups in total. The first-order valence-corrected chi connectivity index (χ1v) is 10.4. The lowest BCUT2D eigenvalue weighted by molar-refractivity contribution is -0.120. The molecule has 0 atom stereocenters. The number of nitrogens with one attached hydrogen (secondary N) is 1. The first kappa shape index (κ1) is 19.2. The molecule has 5 nitrogen and oxygen atoms in total. The number of piperidine rings is 1. The van der Waals surface area contributed by atoms with Gasteiger partial charge in [-0.15, -0.1) is 0 Å². The Bertz CT molecular complexity index is 922. The molecular weight excluding hydrogens is 360 g/mol. The van der Waals surface area contributed by atoms with Crippen LogP contribution in [0.4, 0.5) is 11.5 Å². The molecule has 1 fully saturated rings. The van der Waals surface area contributed by atoms with Gasteiger partial charge in [0.2, 0.25) is 5.91 Å². The fraction of sp³-hybridized carbons (Fsp3) is 0.333. The molecule has 3 heterocycles. The summed E-state index contributed by atoms with van der Waals surface area (Å²) in [4.78, 5) is 19.5. The van der Waals surface area contributed by atoms with Crippen LogP contribution in [0.3, 0.4) is 0 Å². The van der Waals surface area contributed by atoms with E-state index < -0.39 is 0 Å². The Balaban J connectivity index is 1.31. The van der Waals surface area contributed by atoms with Gasteiger partial charge >= 0.3 is 0 Å². The maximum absolute atomic E-state index is 12.7. The van der Waals surface area contributed by atoms with E-state index in [0.29, 0.717) is 5.92 Å². The maximum Gasteiger partial charge on any atom is 0.227 e. The molecule has 29 heavy (non-hydrogen) atoms. The molecule has 0 bridgehead atoms. The first-order valence-electron chi connectivity index (χ1n) is 10.4. The summed E-state index contributed by atoms with van der Waals surface area (Å²) in [6.45, 7) is 6.04. The van der Waals surface area contributed by atoms with Crippen molar-refractivity contribution >= 4 is 17.4 Å². The van der Waals surface area contributed by atoms with Gasteiger partial charge in [-0.25, -0.2) is 4.98 Å². The SMILES string of the molecule is CC(C)c1ccc(NC(=O)C2CCN(c3ccc(-n4cccc4)cn3)CC2)cc1. The van der Waals surface area contributed by atoms with Crippen molar-refractivity contribution < 1.29 is 4.79 Å². The summed E-state index contributed by atoms with van der Waals surface area (Å²) in [5, 5.41) is 3.08. The Morgan fingerprint density at radius 1 is 1.03 bits per heavy atom. The highest BCUT2D eigenvalue weighted by atomic mass is 16.1. The summed E-state index contributed by atoms with van der Waals surface area (Å²) in [5.74, 6) is 1.65. The third-order valence-corrected chi connectivity index (χ3v) is 5.67. The van der Waals surface area contributed by atoms with Crippen molar-refractivity contribution in [3.8, 4) is 5.69 Å². The number of pyridine rings is 1. The Morgan fingerprint density at radius 2 is 1.72 bits per heavy atom. The molecule has 4 rings (SSSR count). The van der Waals surface area contributed by atoms with Crippen LogP contribution in [0.25, 0.3) is 5.69 Å². The van der Waals surface area contributed by atoms with Crippen molar-refractivity contribution in [3.05, 3.63) is 72.7 Å². The van der Waals surface area contributed by atoms with Gasteiger partial charge < -0.3 is 14.8 Å². The smallest absolute Gasteiger partial charge is 0.227 e. The molecule has 2 aromatic heterocycles. The summed E-state index contributed by atoms with van der Waals surface area (Å²) in [7, 11) is 0. The lowest BCUT2D eigenvalue weighted by Crippen LogP contribution is -2.38. The van der Waals surface area contributed by atoms with E-state index in [1.54, 1.807) is 0 Å². The van der Waals surface area contributed by atoms with Crippen LogP contribution in [-0.4, -0.2) is 28.5 Å². The Hall–Kier alpha value is -3.08. The minimum absolute atomic E-state index is 0.0511. The molecule has 5 heteroatoms. The number of nitrogens with zero attached hydrogens (tertiary/aromatic N) is 3. The Kier molecular flexibility index (Phi) is 5.65. The number of carbonyl (C=O) groups excluding carboxylic acids is 1. The summed E-state index contributed by atoms with van der Waals surface area (Å²) in [6, 6.07) is 16.3. The van der Waals surface area contributed by atoms with Crippen LogP contribution in [0, 0.1) is 5.92 Å². The predicted octanol–water partition coefficient (Wildman–Crippen LogP) is 4.85. The van der Waals surface area contributed by atoms with E-state index in [1.165, 1.54) is 5.56 Å². The largest absolute Gasteiger partial charge is 0.357 e. The van der Waals surface area contributed by atoms with E-state index in [2.05, 4.69) is 53.3 Å². The van der Waals surface area contributed by atoms with Crippen LogP contribution in [0.5, 0.6) is 0 Å². The number of rotatable bonds is 5. The second-order valence-electron chi connectivity index (χ2n) is 7.99. The number of anilines is 2. The Morgan fingerprint density at radius 3 is 2.31 bits per heavy atom. The minimum Gasteiger partial charge on any atom is -0.357 e.